The second kappa shape index (κ2) is 8.14. The molecular formula is C14H21N3O3. The van der Waals surface area contributed by atoms with Crippen molar-refractivity contribution in [1.29, 1.82) is 0 Å². The van der Waals surface area contributed by atoms with Crippen molar-refractivity contribution in [3.63, 3.8) is 0 Å². The second-order valence-corrected chi connectivity index (χ2v) is 4.68. The molecule has 0 fully saturated rings. The van der Waals surface area contributed by atoms with Crippen molar-refractivity contribution in [2.45, 2.75) is 32.2 Å². The van der Waals surface area contributed by atoms with E-state index < -0.39 is 5.97 Å². The van der Waals surface area contributed by atoms with E-state index >= 15 is 0 Å². The van der Waals surface area contributed by atoms with Gasteiger partial charge in [0.15, 0.2) is 0 Å². The number of nitrogens with one attached hydrogen (secondary N) is 1. The number of nitrogens with zero attached hydrogens (tertiary/aromatic N) is 2. The Bertz CT molecular complexity index is 437. The summed E-state index contributed by atoms with van der Waals surface area (Å²) in [5.41, 5.74) is 1.11. The van der Waals surface area contributed by atoms with Crippen LogP contribution in [-0.2, 0) is 11.2 Å². The van der Waals surface area contributed by atoms with Gasteiger partial charge >= 0.3 is 12.0 Å². The van der Waals surface area contributed by atoms with E-state index in [1.807, 2.05) is 19.1 Å². The number of carboxylic acid groups (broad SMARTS) is 1. The number of carbonyl (C=O) groups is 2. The molecule has 1 aromatic heterocycles. The number of aliphatic carboxylic acids is 1. The summed E-state index contributed by atoms with van der Waals surface area (Å²) in [6.07, 6.45) is 4.71. The zero-order chi connectivity index (χ0) is 15.0. The number of urea groups is 1. The van der Waals surface area contributed by atoms with Gasteiger partial charge in [-0.25, -0.2) is 4.79 Å². The van der Waals surface area contributed by atoms with Crippen LogP contribution in [0.1, 0.15) is 25.3 Å². The van der Waals surface area contributed by atoms with Gasteiger partial charge in [-0.2, -0.15) is 0 Å². The molecule has 0 aromatic carbocycles. The van der Waals surface area contributed by atoms with Crippen molar-refractivity contribution in [2.75, 3.05) is 13.6 Å². The molecule has 2 N–H and O–H groups in total. The van der Waals surface area contributed by atoms with Gasteiger partial charge in [0.05, 0.1) is 6.42 Å². The fourth-order valence-electron chi connectivity index (χ4n) is 1.74. The van der Waals surface area contributed by atoms with Crippen LogP contribution in [0.25, 0.3) is 0 Å². The summed E-state index contributed by atoms with van der Waals surface area (Å²) < 4.78 is 0. The summed E-state index contributed by atoms with van der Waals surface area (Å²) in [7, 11) is 1.70. The average Bonchev–Trinajstić information content (AvgIpc) is 2.44. The lowest BCUT2D eigenvalue weighted by atomic mass is 10.1. The maximum Gasteiger partial charge on any atom is 0.317 e. The molecule has 0 radical (unpaired) electrons. The molecule has 1 heterocycles. The SMILES string of the molecule is CCC(CC(=O)O)NC(=O)N(C)CCc1ccncc1. The minimum absolute atomic E-state index is 0.0551. The van der Waals surface area contributed by atoms with Crippen LogP contribution in [0.15, 0.2) is 24.5 Å². The van der Waals surface area contributed by atoms with Crippen LogP contribution >= 0.6 is 0 Å². The fourth-order valence-corrected chi connectivity index (χ4v) is 1.74. The molecular weight excluding hydrogens is 258 g/mol. The highest BCUT2D eigenvalue weighted by atomic mass is 16.4. The number of rotatable bonds is 7. The van der Waals surface area contributed by atoms with Gasteiger partial charge in [0.1, 0.15) is 0 Å². The maximum atomic E-state index is 11.9. The molecule has 1 unspecified atom stereocenters. The molecule has 6 nitrogen and oxygen atoms in total. The summed E-state index contributed by atoms with van der Waals surface area (Å²) in [4.78, 5) is 28.1. The Labute approximate surface area is 118 Å². The largest absolute Gasteiger partial charge is 0.481 e. The zero-order valence-electron chi connectivity index (χ0n) is 11.9. The minimum Gasteiger partial charge on any atom is -0.481 e. The monoisotopic (exact) mass is 279 g/mol. The lowest BCUT2D eigenvalue weighted by molar-refractivity contribution is -0.137. The lowest BCUT2D eigenvalue weighted by Gasteiger charge is -2.22. The topological polar surface area (TPSA) is 82.5 Å². The summed E-state index contributed by atoms with van der Waals surface area (Å²) >= 11 is 0. The normalized spacial score (nSPS) is 11.7. The Kier molecular flexibility index (Phi) is 6.49. The van der Waals surface area contributed by atoms with Crippen molar-refractivity contribution < 1.29 is 14.7 Å². The minimum atomic E-state index is -0.906. The highest BCUT2D eigenvalue weighted by molar-refractivity contribution is 5.75. The third-order valence-corrected chi connectivity index (χ3v) is 3.07. The molecule has 1 aromatic rings. The molecule has 0 aliphatic rings. The first-order chi connectivity index (χ1) is 9.52. The molecule has 0 saturated carbocycles. The van der Waals surface area contributed by atoms with Gasteiger partial charge in [-0.1, -0.05) is 6.92 Å². The summed E-state index contributed by atoms with van der Waals surface area (Å²) in [5, 5.41) is 11.5. The average molecular weight is 279 g/mol. The molecule has 110 valence electrons. The standard InChI is InChI=1S/C14H21N3O3/c1-3-12(10-13(18)19)16-14(20)17(2)9-6-11-4-7-15-8-5-11/h4-5,7-8,12H,3,6,9-10H2,1-2H3,(H,16,20)(H,18,19). The first-order valence-corrected chi connectivity index (χ1v) is 6.65. The van der Waals surface area contributed by atoms with E-state index in [0.717, 1.165) is 12.0 Å². The molecule has 0 saturated heterocycles. The summed E-state index contributed by atoms with van der Waals surface area (Å²) in [6, 6.07) is 3.24. The van der Waals surface area contributed by atoms with Crippen molar-refractivity contribution in [3.05, 3.63) is 30.1 Å². The highest BCUT2D eigenvalue weighted by Crippen LogP contribution is 2.01. The predicted molar refractivity (Wildman–Crippen MR) is 75.4 cm³/mol. The molecule has 2 amide bonds. The molecule has 6 heteroatoms. The number of aromatic nitrogens is 1. The van der Waals surface area contributed by atoms with E-state index in [1.54, 1.807) is 24.3 Å². The van der Waals surface area contributed by atoms with Crippen LogP contribution in [-0.4, -0.2) is 46.6 Å². The number of hydrogen-bond acceptors (Lipinski definition) is 3. The van der Waals surface area contributed by atoms with E-state index in [4.69, 9.17) is 5.11 Å². The summed E-state index contributed by atoms with van der Waals surface area (Å²) in [6.45, 7) is 2.42. The third kappa shape index (κ3) is 5.69. The Morgan fingerprint density at radius 3 is 2.60 bits per heavy atom. The van der Waals surface area contributed by atoms with Gasteiger partial charge in [-0.05, 0) is 30.5 Å². The van der Waals surface area contributed by atoms with Crippen LogP contribution < -0.4 is 5.32 Å². The Hall–Kier alpha value is -2.11. The zero-order valence-corrected chi connectivity index (χ0v) is 11.9. The van der Waals surface area contributed by atoms with Crippen molar-refractivity contribution >= 4 is 12.0 Å². The van der Waals surface area contributed by atoms with E-state index in [-0.39, 0.29) is 18.5 Å². The van der Waals surface area contributed by atoms with Gasteiger partial charge in [0.2, 0.25) is 0 Å². The lowest BCUT2D eigenvalue weighted by Crippen LogP contribution is -2.44. The van der Waals surface area contributed by atoms with Gasteiger partial charge in [0.25, 0.3) is 0 Å². The third-order valence-electron chi connectivity index (χ3n) is 3.07. The smallest absolute Gasteiger partial charge is 0.317 e. The number of amides is 2. The van der Waals surface area contributed by atoms with Gasteiger partial charge in [-0.15, -0.1) is 0 Å². The summed E-state index contributed by atoms with van der Waals surface area (Å²) in [5.74, 6) is -0.906. The van der Waals surface area contributed by atoms with E-state index in [0.29, 0.717) is 13.0 Å². The molecule has 1 rings (SSSR count). The second-order valence-electron chi connectivity index (χ2n) is 4.68. The maximum absolute atomic E-state index is 11.9. The van der Waals surface area contributed by atoms with Crippen molar-refractivity contribution in [1.82, 2.24) is 15.2 Å². The molecule has 0 spiro atoms. The van der Waals surface area contributed by atoms with Gasteiger partial charge < -0.3 is 15.3 Å². The van der Waals surface area contributed by atoms with E-state index in [9.17, 15) is 9.59 Å². The first-order valence-electron chi connectivity index (χ1n) is 6.65. The van der Waals surface area contributed by atoms with Crippen LogP contribution in [0, 0.1) is 0 Å². The number of carbonyl (C=O) groups excluding carboxylic acids is 1. The van der Waals surface area contributed by atoms with Gasteiger partial charge in [0, 0.05) is 32.0 Å². The quantitative estimate of drug-likeness (QED) is 0.792. The van der Waals surface area contributed by atoms with Crippen LogP contribution in [0.5, 0.6) is 0 Å². The molecule has 1 atom stereocenters. The van der Waals surface area contributed by atoms with Crippen molar-refractivity contribution in [3.8, 4) is 0 Å². The van der Waals surface area contributed by atoms with Crippen molar-refractivity contribution in [2.24, 2.45) is 0 Å². The van der Waals surface area contributed by atoms with Crippen LogP contribution in [0.3, 0.4) is 0 Å². The molecule has 0 bridgehead atoms. The van der Waals surface area contributed by atoms with E-state index in [2.05, 4.69) is 10.3 Å². The van der Waals surface area contributed by atoms with E-state index in [1.165, 1.54) is 0 Å². The first kappa shape index (κ1) is 15.9. The number of pyridine rings is 1. The molecule has 0 aliphatic heterocycles. The molecule has 20 heavy (non-hydrogen) atoms. The van der Waals surface area contributed by atoms with Crippen LogP contribution in [0.2, 0.25) is 0 Å². The Balaban J connectivity index is 2.40. The predicted octanol–water partition coefficient (Wildman–Crippen LogP) is 1.52. The van der Waals surface area contributed by atoms with Crippen LogP contribution in [0.4, 0.5) is 4.79 Å². The highest BCUT2D eigenvalue weighted by Gasteiger charge is 2.16. The number of carboxylic acids is 1. The Morgan fingerprint density at radius 1 is 1.40 bits per heavy atom. The Morgan fingerprint density at radius 2 is 2.05 bits per heavy atom. The number of likely N-dealkylation sites (N-methyl/N-ethyl adjacent to an activating group) is 1. The fraction of sp³-hybridized carbons (Fsp3) is 0.500. The molecule has 0 aliphatic carbocycles. The van der Waals surface area contributed by atoms with Gasteiger partial charge in [-0.3, -0.25) is 9.78 Å². The number of hydrogen-bond donors (Lipinski definition) is 2.